The minimum atomic E-state index is 0.0337. The fourth-order valence-corrected chi connectivity index (χ4v) is 1.09. The van der Waals surface area contributed by atoms with Crippen molar-refractivity contribution in [3.63, 3.8) is 0 Å². The molecule has 0 aromatic rings. The van der Waals surface area contributed by atoms with E-state index >= 15 is 0 Å². The second-order valence-electron chi connectivity index (χ2n) is 3.78. The highest BCUT2D eigenvalue weighted by molar-refractivity contribution is 5.89. The molecule has 0 N–H and O–H groups in total. The summed E-state index contributed by atoms with van der Waals surface area (Å²) >= 11 is 0. The van der Waals surface area contributed by atoms with Gasteiger partial charge in [0.25, 0.3) is 0 Å². The van der Waals surface area contributed by atoms with Crippen LogP contribution in [0.4, 0.5) is 0 Å². The average Bonchev–Trinajstić information content (AvgIpc) is 2.11. The molecule has 0 aliphatic carbocycles. The largest absolute Gasteiger partial charge is 0.313 e. The van der Waals surface area contributed by atoms with Gasteiger partial charge in [0.05, 0.1) is 18.3 Å². The number of hydrogen-bond donors (Lipinski definition) is 0. The summed E-state index contributed by atoms with van der Waals surface area (Å²) in [5.74, 6) is 3.95. The van der Waals surface area contributed by atoms with Crippen LogP contribution in [0.1, 0.15) is 20.8 Å². The van der Waals surface area contributed by atoms with E-state index in [-0.39, 0.29) is 5.41 Å². The number of rotatable bonds is 0. The standard InChI is InChI=1S/C9H14N3/c1-9(2,3)8-11-7-10-5-6-12(8)4/h5,7H,1-4H3/q+1. The first-order valence-corrected chi connectivity index (χ1v) is 3.93. The smallest absolute Gasteiger partial charge is 0.209 e. The second kappa shape index (κ2) is 3.03. The van der Waals surface area contributed by atoms with Crippen LogP contribution in [0.15, 0.2) is 16.2 Å². The van der Waals surface area contributed by atoms with E-state index in [2.05, 4.69) is 36.6 Å². The Labute approximate surface area is 72.9 Å². The topological polar surface area (TPSA) is 27.7 Å². The average molecular weight is 164 g/mol. The first kappa shape index (κ1) is 8.88. The molecule has 3 nitrogen and oxygen atoms in total. The van der Waals surface area contributed by atoms with Crippen molar-refractivity contribution in [2.45, 2.75) is 20.8 Å². The van der Waals surface area contributed by atoms with Crippen molar-refractivity contribution >= 4 is 18.0 Å². The maximum Gasteiger partial charge on any atom is 0.313 e. The third-order valence-corrected chi connectivity index (χ3v) is 1.56. The minimum Gasteiger partial charge on any atom is -0.209 e. The molecule has 1 heterocycles. The normalized spacial score (nSPS) is 17.0. The molecule has 12 heavy (non-hydrogen) atoms. The van der Waals surface area contributed by atoms with Crippen molar-refractivity contribution in [1.82, 2.24) is 0 Å². The summed E-state index contributed by atoms with van der Waals surface area (Å²) in [5.41, 5.74) is 0.0337. The molecular formula is C9H14N3+. The van der Waals surface area contributed by atoms with E-state index < -0.39 is 0 Å². The van der Waals surface area contributed by atoms with Gasteiger partial charge in [0.15, 0.2) is 0 Å². The number of hydrogen-bond acceptors (Lipinski definition) is 2. The van der Waals surface area contributed by atoms with Crippen LogP contribution in [0.2, 0.25) is 0 Å². The van der Waals surface area contributed by atoms with Crippen LogP contribution < -0.4 is 0 Å². The first-order valence-electron chi connectivity index (χ1n) is 3.93. The van der Waals surface area contributed by atoms with Crippen molar-refractivity contribution in [2.24, 2.45) is 15.4 Å². The predicted octanol–water partition coefficient (Wildman–Crippen LogP) is 1.30. The van der Waals surface area contributed by atoms with Crippen molar-refractivity contribution < 1.29 is 4.58 Å². The van der Waals surface area contributed by atoms with Gasteiger partial charge in [-0.1, -0.05) is 0 Å². The number of nitrogens with zero attached hydrogens (tertiary/aromatic N) is 3. The maximum atomic E-state index is 4.23. The van der Waals surface area contributed by atoms with Gasteiger partial charge >= 0.3 is 5.84 Å². The zero-order valence-corrected chi connectivity index (χ0v) is 8.00. The summed E-state index contributed by atoms with van der Waals surface area (Å²) in [7, 11) is 1.93. The molecular weight excluding hydrogens is 150 g/mol. The summed E-state index contributed by atoms with van der Waals surface area (Å²) in [6.07, 6.45) is 3.17. The molecule has 0 aromatic carbocycles. The van der Waals surface area contributed by atoms with Crippen molar-refractivity contribution in [2.75, 3.05) is 7.05 Å². The Bertz CT molecular complexity index is 296. The molecule has 1 rings (SSSR count). The number of amidine groups is 1. The molecule has 0 atom stereocenters. The van der Waals surface area contributed by atoms with Gasteiger partial charge in [-0.25, -0.2) is 4.99 Å². The molecule has 0 radical (unpaired) electrons. The van der Waals surface area contributed by atoms with Crippen LogP contribution in [0.25, 0.3) is 0 Å². The zero-order valence-electron chi connectivity index (χ0n) is 8.00. The minimum absolute atomic E-state index is 0.0337. The van der Waals surface area contributed by atoms with Gasteiger partial charge in [-0.15, -0.1) is 0 Å². The molecule has 1 aliphatic heterocycles. The Morgan fingerprint density at radius 1 is 1.42 bits per heavy atom. The Morgan fingerprint density at radius 3 is 2.67 bits per heavy atom. The molecule has 0 fully saturated rings. The van der Waals surface area contributed by atoms with Gasteiger partial charge < -0.3 is 0 Å². The van der Waals surface area contributed by atoms with Crippen LogP contribution in [-0.2, 0) is 0 Å². The summed E-state index contributed by atoms with van der Waals surface area (Å²) in [4.78, 5) is 8.13. The van der Waals surface area contributed by atoms with Gasteiger partial charge in [-0.05, 0) is 25.8 Å². The van der Waals surface area contributed by atoms with Crippen molar-refractivity contribution in [3.8, 4) is 0 Å². The lowest BCUT2D eigenvalue weighted by Crippen LogP contribution is -2.30. The molecule has 0 aromatic heterocycles. The SMILES string of the molecule is C[N+]1=C=CN=CN=C1C(C)(C)C. The van der Waals surface area contributed by atoms with Crippen LogP contribution in [0, 0.1) is 5.41 Å². The van der Waals surface area contributed by atoms with Crippen LogP contribution in [0.3, 0.4) is 0 Å². The molecule has 64 valence electrons. The van der Waals surface area contributed by atoms with E-state index in [0.717, 1.165) is 5.84 Å². The van der Waals surface area contributed by atoms with E-state index in [9.17, 15) is 0 Å². The van der Waals surface area contributed by atoms with Gasteiger partial charge in [0, 0.05) is 0 Å². The third kappa shape index (κ3) is 1.89. The Hall–Kier alpha value is -1.21. The van der Waals surface area contributed by atoms with E-state index in [1.54, 1.807) is 12.5 Å². The maximum absolute atomic E-state index is 4.23. The van der Waals surface area contributed by atoms with Gasteiger partial charge in [-0.2, -0.15) is 4.58 Å². The molecule has 0 amide bonds. The lowest BCUT2D eigenvalue weighted by molar-refractivity contribution is -0.371. The summed E-state index contributed by atoms with van der Waals surface area (Å²) in [5, 5.41) is 0. The Morgan fingerprint density at radius 2 is 2.08 bits per heavy atom. The molecule has 0 bridgehead atoms. The second-order valence-corrected chi connectivity index (χ2v) is 3.78. The quantitative estimate of drug-likeness (QED) is 0.483. The third-order valence-electron chi connectivity index (χ3n) is 1.56. The Kier molecular flexibility index (Phi) is 2.25. The molecule has 1 aliphatic rings. The predicted molar refractivity (Wildman–Crippen MR) is 51.1 cm³/mol. The fourth-order valence-electron chi connectivity index (χ4n) is 1.09. The molecule has 3 heteroatoms. The Balaban J connectivity index is 3.13. The highest BCUT2D eigenvalue weighted by Crippen LogP contribution is 2.15. The van der Waals surface area contributed by atoms with E-state index in [4.69, 9.17) is 0 Å². The zero-order chi connectivity index (χ0) is 9.19. The van der Waals surface area contributed by atoms with Crippen LogP contribution in [0.5, 0.6) is 0 Å². The van der Waals surface area contributed by atoms with Crippen LogP contribution >= 0.6 is 0 Å². The highest BCUT2D eigenvalue weighted by atomic mass is 15.1. The van der Waals surface area contributed by atoms with Gasteiger partial charge in [0.1, 0.15) is 6.20 Å². The first-order chi connectivity index (χ1) is 5.52. The van der Waals surface area contributed by atoms with Gasteiger partial charge in [-0.3, -0.25) is 0 Å². The highest BCUT2D eigenvalue weighted by Gasteiger charge is 2.28. The molecule has 0 unspecified atom stereocenters. The summed E-state index contributed by atoms with van der Waals surface area (Å²) in [6.45, 7) is 6.34. The van der Waals surface area contributed by atoms with E-state index in [1.807, 2.05) is 11.6 Å². The fraction of sp³-hybridized carbons (Fsp3) is 0.556. The monoisotopic (exact) mass is 164 g/mol. The lowest BCUT2D eigenvalue weighted by Gasteiger charge is -2.13. The van der Waals surface area contributed by atoms with E-state index in [0.29, 0.717) is 0 Å². The van der Waals surface area contributed by atoms with Crippen LogP contribution in [-0.4, -0.2) is 29.7 Å². The van der Waals surface area contributed by atoms with Crippen molar-refractivity contribution in [1.29, 1.82) is 0 Å². The lowest BCUT2D eigenvalue weighted by atomic mass is 9.95. The number of aliphatic imine (C=N–C) groups is 2. The molecule has 0 saturated carbocycles. The molecule has 0 spiro atoms. The van der Waals surface area contributed by atoms with E-state index in [1.165, 1.54) is 0 Å². The molecule has 0 saturated heterocycles. The van der Waals surface area contributed by atoms with Gasteiger partial charge in [0.2, 0.25) is 6.34 Å². The summed E-state index contributed by atoms with van der Waals surface area (Å²) < 4.78 is 1.87. The van der Waals surface area contributed by atoms with Crippen molar-refractivity contribution in [3.05, 3.63) is 6.20 Å². The summed E-state index contributed by atoms with van der Waals surface area (Å²) in [6, 6.07) is 0.